The zero-order valence-electron chi connectivity index (χ0n) is 16.3. The fourth-order valence-electron chi connectivity index (χ4n) is 3.47. The molecule has 1 atom stereocenters. The molecule has 1 unspecified atom stereocenters. The molecule has 3 N–H and O–H groups in total. The summed E-state index contributed by atoms with van der Waals surface area (Å²) in [6, 6.07) is 17.4. The van der Waals surface area contributed by atoms with Crippen LogP contribution in [0.25, 0.3) is 0 Å². The number of carbonyl (C=O) groups excluding carboxylic acids is 1. The van der Waals surface area contributed by atoms with E-state index >= 15 is 0 Å². The zero-order chi connectivity index (χ0) is 19.6. The van der Waals surface area contributed by atoms with Gasteiger partial charge >= 0.3 is 0 Å². The summed E-state index contributed by atoms with van der Waals surface area (Å²) in [6.07, 6.45) is 2.99. The van der Waals surface area contributed by atoms with Crippen LogP contribution in [0.5, 0.6) is 5.75 Å². The van der Waals surface area contributed by atoms with Gasteiger partial charge in [0.05, 0.1) is 6.10 Å². The summed E-state index contributed by atoms with van der Waals surface area (Å²) in [7, 11) is 0. The molecule has 1 fully saturated rings. The summed E-state index contributed by atoms with van der Waals surface area (Å²) in [5.41, 5.74) is 1.83. The summed E-state index contributed by atoms with van der Waals surface area (Å²) < 4.78 is 5.81. The van der Waals surface area contributed by atoms with Crippen molar-refractivity contribution in [1.29, 1.82) is 0 Å². The van der Waals surface area contributed by atoms with Crippen LogP contribution in [0.15, 0.2) is 54.6 Å². The summed E-state index contributed by atoms with van der Waals surface area (Å²) in [5.74, 6) is 1.35. The van der Waals surface area contributed by atoms with Crippen molar-refractivity contribution in [1.82, 2.24) is 10.6 Å². The molecule has 2 aromatic rings. The van der Waals surface area contributed by atoms with Gasteiger partial charge in [-0.2, -0.15) is 0 Å². The van der Waals surface area contributed by atoms with Crippen LogP contribution in [0.3, 0.4) is 0 Å². The minimum absolute atomic E-state index is 0.00839. The molecule has 0 aliphatic carbocycles. The smallest absolute Gasteiger partial charge is 0.220 e. The van der Waals surface area contributed by atoms with Crippen molar-refractivity contribution in [2.24, 2.45) is 5.92 Å². The van der Waals surface area contributed by atoms with Crippen molar-refractivity contribution >= 4 is 5.91 Å². The molecule has 1 aliphatic rings. The van der Waals surface area contributed by atoms with E-state index < -0.39 is 6.10 Å². The van der Waals surface area contributed by atoms with Crippen LogP contribution in [0.4, 0.5) is 0 Å². The minimum atomic E-state index is -0.747. The van der Waals surface area contributed by atoms with Gasteiger partial charge in [-0.25, -0.2) is 0 Å². The molecule has 0 bridgehead atoms. The van der Waals surface area contributed by atoms with Crippen molar-refractivity contribution in [3.63, 3.8) is 0 Å². The number of hydrogen-bond donors (Lipinski definition) is 3. The molecule has 1 aliphatic heterocycles. The van der Waals surface area contributed by atoms with Crippen LogP contribution >= 0.6 is 0 Å². The second kappa shape index (κ2) is 10.8. The normalized spacial score (nSPS) is 15.8. The van der Waals surface area contributed by atoms with E-state index in [0.29, 0.717) is 24.7 Å². The number of hydrogen-bond acceptors (Lipinski definition) is 4. The highest BCUT2D eigenvalue weighted by atomic mass is 16.5. The number of amides is 1. The van der Waals surface area contributed by atoms with Crippen LogP contribution in [-0.2, 0) is 11.4 Å². The van der Waals surface area contributed by atoms with Gasteiger partial charge in [0, 0.05) is 13.0 Å². The van der Waals surface area contributed by atoms with Gasteiger partial charge in [-0.3, -0.25) is 4.79 Å². The Bertz CT molecular complexity index is 730. The molecule has 0 radical (unpaired) electrons. The first-order valence-electron chi connectivity index (χ1n) is 10.1. The Balaban J connectivity index is 1.42. The van der Waals surface area contributed by atoms with Crippen molar-refractivity contribution in [3.8, 4) is 5.75 Å². The van der Waals surface area contributed by atoms with Crippen LogP contribution in [-0.4, -0.2) is 30.6 Å². The van der Waals surface area contributed by atoms with Crippen molar-refractivity contribution in [3.05, 3.63) is 65.7 Å². The molecule has 0 saturated carbocycles. The lowest BCUT2D eigenvalue weighted by molar-refractivity contribution is -0.121. The van der Waals surface area contributed by atoms with Crippen LogP contribution < -0.4 is 15.4 Å². The van der Waals surface area contributed by atoms with Gasteiger partial charge in [0.2, 0.25) is 5.91 Å². The number of rotatable bonds is 9. The molecular weight excluding hydrogens is 352 g/mol. The Morgan fingerprint density at radius 3 is 2.71 bits per heavy atom. The molecule has 0 aromatic heterocycles. The van der Waals surface area contributed by atoms with E-state index in [4.69, 9.17) is 4.74 Å². The predicted molar refractivity (Wildman–Crippen MR) is 110 cm³/mol. The second-order valence-electron chi connectivity index (χ2n) is 7.40. The van der Waals surface area contributed by atoms with E-state index in [-0.39, 0.29) is 12.5 Å². The Hall–Kier alpha value is -2.37. The minimum Gasteiger partial charge on any atom is -0.489 e. The van der Waals surface area contributed by atoms with Gasteiger partial charge in [-0.1, -0.05) is 42.5 Å². The first kappa shape index (κ1) is 20.4. The molecular formula is C23H30N2O3. The molecule has 5 heteroatoms. The molecule has 0 spiro atoms. The van der Waals surface area contributed by atoms with Gasteiger partial charge in [0.15, 0.2) is 0 Å². The van der Waals surface area contributed by atoms with Crippen LogP contribution in [0.1, 0.15) is 42.9 Å². The zero-order valence-corrected chi connectivity index (χ0v) is 16.3. The van der Waals surface area contributed by atoms with Gasteiger partial charge in [-0.05, 0) is 61.5 Å². The van der Waals surface area contributed by atoms with Crippen LogP contribution in [0.2, 0.25) is 0 Å². The SMILES string of the molecule is O=C(CCC1CCNCC1)NCC(O)c1cccc(OCc2ccccc2)c1. The van der Waals surface area contributed by atoms with Crippen LogP contribution in [0, 0.1) is 5.92 Å². The largest absolute Gasteiger partial charge is 0.489 e. The Morgan fingerprint density at radius 2 is 1.93 bits per heavy atom. The number of ether oxygens (including phenoxy) is 1. The molecule has 28 heavy (non-hydrogen) atoms. The first-order chi connectivity index (χ1) is 13.7. The van der Waals surface area contributed by atoms with E-state index in [1.807, 2.05) is 54.6 Å². The fourth-order valence-corrected chi connectivity index (χ4v) is 3.47. The van der Waals surface area contributed by atoms with E-state index in [0.717, 1.165) is 43.5 Å². The first-order valence-corrected chi connectivity index (χ1v) is 10.1. The third-order valence-electron chi connectivity index (χ3n) is 5.22. The number of aliphatic hydroxyl groups excluding tert-OH is 1. The van der Waals surface area contributed by atoms with E-state index in [1.165, 1.54) is 0 Å². The van der Waals surface area contributed by atoms with E-state index in [1.54, 1.807) is 0 Å². The lowest BCUT2D eigenvalue weighted by atomic mass is 9.93. The number of aliphatic hydroxyl groups is 1. The molecule has 5 nitrogen and oxygen atoms in total. The van der Waals surface area contributed by atoms with Gasteiger partial charge in [0.1, 0.15) is 12.4 Å². The number of carbonyl (C=O) groups is 1. The Kier molecular flexibility index (Phi) is 7.88. The lowest BCUT2D eigenvalue weighted by Crippen LogP contribution is -2.31. The van der Waals surface area contributed by atoms with Gasteiger partial charge in [-0.15, -0.1) is 0 Å². The summed E-state index contributed by atoms with van der Waals surface area (Å²) >= 11 is 0. The highest BCUT2D eigenvalue weighted by Gasteiger charge is 2.15. The standard InChI is InChI=1S/C23H30N2O3/c26-22(16-25-23(27)10-9-18-11-13-24-14-12-18)20-7-4-8-21(15-20)28-17-19-5-2-1-3-6-19/h1-8,15,18,22,24,26H,9-14,16-17H2,(H,25,27). The van der Waals surface area contributed by atoms with Gasteiger partial charge in [0.25, 0.3) is 0 Å². The Morgan fingerprint density at radius 1 is 1.14 bits per heavy atom. The third kappa shape index (κ3) is 6.66. The highest BCUT2D eigenvalue weighted by Crippen LogP contribution is 2.21. The number of nitrogens with one attached hydrogen (secondary N) is 2. The number of piperidine rings is 1. The quantitative estimate of drug-likeness (QED) is 0.623. The highest BCUT2D eigenvalue weighted by molar-refractivity contribution is 5.75. The number of benzene rings is 2. The average molecular weight is 383 g/mol. The fraction of sp³-hybridized carbons (Fsp3) is 0.435. The summed E-state index contributed by atoms with van der Waals surface area (Å²) in [6.45, 7) is 2.79. The van der Waals surface area contributed by atoms with E-state index in [9.17, 15) is 9.90 Å². The lowest BCUT2D eigenvalue weighted by Gasteiger charge is -2.22. The second-order valence-corrected chi connectivity index (χ2v) is 7.40. The molecule has 3 rings (SSSR count). The third-order valence-corrected chi connectivity index (χ3v) is 5.22. The summed E-state index contributed by atoms with van der Waals surface area (Å²) in [5, 5.41) is 16.6. The van der Waals surface area contributed by atoms with Crippen molar-refractivity contribution in [2.75, 3.05) is 19.6 Å². The Labute approximate surface area is 167 Å². The maximum Gasteiger partial charge on any atom is 0.220 e. The maximum absolute atomic E-state index is 12.1. The summed E-state index contributed by atoms with van der Waals surface area (Å²) in [4.78, 5) is 12.1. The van der Waals surface area contributed by atoms with E-state index in [2.05, 4.69) is 10.6 Å². The van der Waals surface area contributed by atoms with Gasteiger partial charge < -0.3 is 20.5 Å². The van der Waals surface area contributed by atoms with Crippen molar-refractivity contribution < 1.29 is 14.6 Å². The predicted octanol–water partition coefficient (Wildman–Crippen LogP) is 3.20. The molecule has 2 aromatic carbocycles. The molecule has 1 amide bonds. The van der Waals surface area contributed by atoms with Crippen molar-refractivity contribution in [2.45, 2.75) is 38.4 Å². The topological polar surface area (TPSA) is 70.6 Å². The molecule has 1 saturated heterocycles. The maximum atomic E-state index is 12.1. The average Bonchev–Trinajstić information content (AvgIpc) is 2.76. The molecule has 150 valence electrons. The molecule has 1 heterocycles. The monoisotopic (exact) mass is 382 g/mol.